The maximum Gasteiger partial charge on any atom is 0.322 e. The van der Waals surface area contributed by atoms with Crippen LogP contribution >= 0.6 is 0 Å². The molecule has 1 atom stereocenters. The van der Waals surface area contributed by atoms with Gasteiger partial charge in [0.1, 0.15) is 5.75 Å². The van der Waals surface area contributed by atoms with E-state index in [1.807, 2.05) is 44.2 Å². The number of para-hydroxylation sites is 2. The summed E-state index contributed by atoms with van der Waals surface area (Å²) < 4.78 is 30.2. The summed E-state index contributed by atoms with van der Waals surface area (Å²) in [5, 5.41) is 0.457. The highest BCUT2D eigenvalue weighted by atomic mass is 32.2. The first-order valence-corrected chi connectivity index (χ1v) is 11.0. The lowest BCUT2D eigenvalue weighted by Gasteiger charge is -2.33. The average molecular weight is 416 g/mol. The number of aromatic amines is 1. The van der Waals surface area contributed by atoms with E-state index in [4.69, 9.17) is 14.2 Å². The molecule has 7 nitrogen and oxygen atoms in total. The molecular weight excluding hydrogens is 390 g/mol. The van der Waals surface area contributed by atoms with Crippen LogP contribution in [-0.4, -0.2) is 45.1 Å². The number of H-pyrrole nitrogens is 1. The van der Waals surface area contributed by atoms with E-state index in [0.29, 0.717) is 31.4 Å². The zero-order valence-electron chi connectivity index (χ0n) is 16.6. The van der Waals surface area contributed by atoms with Gasteiger partial charge in [-0.05, 0) is 38.5 Å². The minimum atomic E-state index is -1.33. The molecule has 154 valence electrons. The minimum Gasteiger partial charge on any atom is -0.609 e. The molecule has 1 saturated heterocycles. The van der Waals surface area contributed by atoms with Gasteiger partial charge < -0.3 is 18.8 Å². The third-order valence-corrected chi connectivity index (χ3v) is 6.19. The topological polar surface area (TPSA) is 92.3 Å². The molecule has 3 aromatic rings. The summed E-state index contributed by atoms with van der Waals surface area (Å²) in [6.45, 7) is 5.76. The number of nitrogens with one attached hydrogen (secondary N) is 1. The molecule has 0 bridgehead atoms. The van der Waals surface area contributed by atoms with Crippen LogP contribution in [0.5, 0.6) is 5.75 Å². The minimum absolute atomic E-state index is 0.271. The smallest absolute Gasteiger partial charge is 0.322 e. The normalized spacial score (nSPS) is 17.3. The Bertz CT molecular complexity index is 938. The number of ether oxygens (including phenoxy) is 3. The highest BCUT2D eigenvalue weighted by Crippen LogP contribution is 2.26. The molecule has 3 heterocycles. The van der Waals surface area contributed by atoms with Crippen molar-refractivity contribution in [2.45, 2.75) is 43.4 Å². The molecule has 1 fully saturated rings. The van der Waals surface area contributed by atoms with Crippen LogP contribution in [-0.2, 0) is 26.4 Å². The molecule has 0 saturated carbocycles. The van der Waals surface area contributed by atoms with Crippen LogP contribution in [0.1, 0.15) is 31.0 Å². The predicted octanol–water partition coefficient (Wildman–Crippen LogP) is 3.50. The van der Waals surface area contributed by atoms with Crippen LogP contribution in [0.15, 0.2) is 41.7 Å². The summed E-state index contributed by atoms with van der Waals surface area (Å²) in [5.41, 5.74) is 3.29. The van der Waals surface area contributed by atoms with Crippen LogP contribution in [0.3, 0.4) is 0 Å². The Kier molecular flexibility index (Phi) is 6.05. The van der Waals surface area contributed by atoms with Crippen LogP contribution in [0.25, 0.3) is 11.0 Å². The number of rotatable bonds is 7. The van der Waals surface area contributed by atoms with E-state index in [-0.39, 0.29) is 5.75 Å². The SMILES string of the molecule is Cc1c(OCCC2(C)OCCCO2)ccnc1C[S+]([O-])c1nc2ccccc2[nH]1. The Labute approximate surface area is 173 Å². The van der Waals surface area contributed by atoms with Crippen molar-refractivity contribution in [2.75, 3.05) is 19.8 Å². The monoisotopic (exact) mass is 415 g/mol. The largest absolute Gasteiger partial charge is 0.609 e. The summed E-state index contributed by atoms with van der Waals surface area (Å²) in [4.78, 5) is 12.0. The molecular formula is C21H25N3O4S. The first-order valence-electron chi connectivity index (χ1n) is 9.72. The van der Waals surface area contributed by atoms with Gasteiger partial charge in [0.05, 0.1) is 36.5 Å². The zero-order chi connectivity index (χ0) is 20.3. The van der Waals surface area contributed by atoms with Gasteiger partial charge in [0.15, 0.2) is 11.5 Å². The van der Waals surface area contributed by atoms with Gasteiger partial charge in [-0.25, -0.2) is 0 Å². The van der Waals surface area contributed by atoms with Crippen LogP contribution in [0.2, 0.25) is 0 Å². The first kappa shape index (κ1) is 20.2. The van der Waals surface area contributed by atoms with Gasteiger partial charge in [-0.2, -0.15) is 4.98 Å². The number of hydrogen-bond donors (Lipinski definition) is 1. The number of nitrogens with zero attached hydrogens (tertiary/aromatic N) is 2. The third-order valence-electron chi connectivity index (χ3n) is 5.03. The van der Waals surface area contributed by atoms with E-state index in [0.717, 1.165) is 34.5 Å². The Balaban J connectivity index is 1.40. The van der Waals surface area contributed by atoms with E-state index < -0.39 is 17.0 Å². The summed E-state index contributed by atoms with van der Waals surface area (Å²) >= 11 is -1.33. The molecule has 29 heavy (non-hydrogen) atoms. The number of pyridine rings is 1. The second-order valence-electron chi connectivity index (χ2n) is 7.21. The Hall–Kier alpha value is -2.13. The van der Waals surface area contributed by atoms with E-state index in [1.54, 1.807) is 6.20 Å². The molecule has 0 radical (unpaired) electrons. The maximum atomic E-state index is 12.8. The Morgan fingerprint density at radius 2 is 2.03 bits per heavy atom. The fourth-order valence-corrected chi connectivity index (χ4v) is 4.36. The van der Waals surface area contributed by atoms with E-state index in [2.05, 4.69) is 15.0 Å². The van der Waals surface area contributed by atoms with Gasteiger partial charge in [0.2, 0.25) is 0 Å². The Morgan fingerprint density at radius 1 is 1.24 bits per heavy atom. The quantitative estimate of drug-likeness (QED) is 0.594. The number of imidazole rings is 1. The molecule has 2 aromatic heterocycles. The second-order valence-corrected chi connectivity index (χ2v) is 8.58. The highest BCUT2D eigenvalue weighted by Gasteiger charge is 2.29. The van der Waals surface area contributed by atoms with Crippen molar-refractivity contribution in [1.29, 1.82) is 0 Å². The molecule has 0 amide bonds. The number of aromatic nitrogens is 3. The molecule has 1 aliphatic rings. The molecule has 0 aliphatic carbocycles. The lowest BCUT2D eigenvalue weighted by Crippen LogP contribution is -2.38. The third kappa shape index (κ3) is 4.72. The highest BCUT2D eigenvalue weighted by molar-refractivity contribution is 7.90. The van der Waals surface area contributed by atoms with E-state index in [9.17, 15) is 4.55 Å². The van der Waals surface area contributed by atoms with Crippen LogP contribution in [0, 0.1) is 6.92 Å². The van der Waals surface area contributed by atoms with Gasteiger partial charge >= 0.3 is 5.16 Å². The fourth-order valence-electron chi connectivity index (χ4n) is 3.26. The number of fused-ring (bicyclic) bond motifs is 1. The lowest BCUT2D eigenvalue weighted by atomic mass is 10.2. The average Bonchev–Trinajstić information content (AvgIpc) is 3.16. The van der Waals surface area contributed by atoms with Gasteiger partial charge in [0.25, 0.3) is 0 Å². The molecule has 1 aromatic carbocycles. The van der Waals surface area contributed by atoms with Crippen LogP contribution in [0.4, 0.5) is 0 Å². The number of hydrogen-bond acceptors (Lipinski definition) is 6. The Morgan fingerprint density at radius 3 is 2.83 bits per heavy atom. The number of benzene rings is 1. The van der Waals surface area contributed by atoms with Crippen molar-refractivity contribution in [2.24, 2.45) is 0 Å². The molecule has 1 N–H and O–H groups in total. The van der Waals surface area contributed by atoms with Crippen molar-refractivity contribution in [3.63, 3.8) is 0 Å². The molecule has 4 rings (SSSR count). The summed E-state index contributed by atoms with van der Waals surface area (Å²) in [6.07, 6.45) is 3.24. The molecule has 1 aliphatic heterocycles. The lowest BCUT2D eigenvalue weighted by molar-refractivity contribution is -0.260. The van der Waals surface area contributed by atoms with E-state index >= 15 is 0 Å². The predicted molar refractivity (Wildman–Crippen MR) is 110 cm³/mol. The second kappa shape index (κ2) is 8.71. The standard InChI is InChI=1S/C21H25N3O4S/c1-15-18(14-29(25)20-23-16-6-3-4-7-17(16)24-20)22-10-8-19(15)26-13-9-21(2)27-11-5-12-28-21/h3-4,6-8,10H,5,9,11-14H2,1-2H3,(H,23,24). The van der Waals surface area contributed by atoms with Crippen molar-refractivity contribution < 1.29 is 18.8 Å². The summed E-state index contributed by atoms with van der Waals surface area (Å²) in [5.74, 6) is 0.411. The van der Waals surface area contributed by atoms with Crippen molar-refractivity contribution >= 4 is 22.2 Å². The molecule has 0 spiro atoms. The summed E-state index contributed by atoms with van der Waals surface area (Å²) in [6, 6.07) is 9.47. The zero-order valence-corrected chi connectivity index (χ0v) is 17.5. The summed E-state index contributed by atoms with van der Waals surface area (Å²) in [7, 11) is 0. The van der Waals surface area contributed by atoms with Gasteiger partial charge in [-0.15, -0.1) is 0 Å². The fraction of sp³-hybridized carbons (Fsp3) is 0.429. The molecule has 8 heteroatoms. The van der Waals surface area contributed by atoms with Gasteiger partial charge in [-0.1, -0.05) is 12.1 Å². The van der Waals surface area contributed by atoms with Crippen LogP contribution < -0.4 is 4.74 Å². The maximum absolute atomic E-state index is 12.8. The van der Waals surface area contributed by atoms with Gasteiger partial charge in [0, 0.05) is 29.4 Å². The van der Waals surface area contributed by atoms with E-state index in [1.165, 1.54) is 0 Å². The van der Waals surface area contributed by atoms with Crippen molar-refractivity contribution in [1.82, 2.24) is 15.0 Å². The van der Waals surface area contributed by atoms with Gasteiger partial charge in [-0.3, -0.25) is 9.97 Å². The van der Waals surface area contributed by atoms with Crippen molar-refractivity contribution in [3.8, 4) is 5.75 Å². The first-order chi connectivity index (χ1) is 14.0. The van der Waals surface area contributed by atoms with Crippen molar-refractivity contribution in [3.05, 3.63) is 47.8 Å². The molecule has 1 unspecified atom stereocenters.